The van der Waals surface area contributed by atoms with E-state index in [9.17, 15) is 17.6 Å². The van der Waals surface area contributed by atoms with Gasteiger partial charge in [-0.1, -0.05) is 0 Å². The average Bonchev–Trinajstić information content (AvgIpc) is 3.01. The number of amidine groups is 1. The van der Waals surface area contributed by atoms with Crippen LogP contribution in [0.4, 0.5) is 20.7 Å². The average molecular weight is 410 g/mol. The number of hydrogen-bond donors (Lipinski definition) is 1. The summed E-state index contributed by atoms with van der Waals surface area (Å²) in [6.45, 7) is 2.30. The van der Waals surface area contributed by atoms with Crippen LogP contribution in [0.25, 0.3) is 0 Å². The Labute approximate surface area is 161 Å². The number of halogens is 1. The molecule has 0 radical (unpaired) electrons. The van der Waals surface area contributed by atoms with Gasteiger partial charge < -0.3 is 9.64 Å². The van der Waals surface area contributed by atoms with Gasteiger partial charge in [-0.3, -0.25) is 15.2 Å². The topological polar surface area (TPSA) is 128 Å². The van der Waals surface area contributed by atoms with Crippen molar-refractivity contribution in [3.05, 3.63) is 18.1 Å². The van der Waals surface area contributed by atoms with Gasteiger partial charge in [0.2, 0.25) is 0 Å². The number of rotatable bonds is 4. The highest BCUT2D eigenvalue weighted by Crippen LogP contribution is 2.26. The van der Waals surface area contributed by atoms with E-state index in [1.54, 1.807) is 18.0 Å². The van der Waals surface area contributed by atoms with Crippen LogP contribution in [0.1, 0.15) is 6.92 Å². The second-order valence-electron chi connectivity index (χ2n) is 6.42. The Hall–Kier alpha value is -2.94. The van der Waals surface area contributed by atoms with E-state index in [2.05, 4.69) is 15.3 Å². The Morgan fingerprint density at radius 2 is 2.21 bits per heavy atom. The number of nitriles is 1. The summed E-state index contributed by atoms with van der Waals surface area (Å²) in [6, 6.07) is 1.18. The number of hydrogen-bond acceptors (Lipinski definition) is 8. The lowest BCUT2D eigenvalue weighted by atomic mass is 10.3. The van der Waals surface area contributed by atoms with Gasteiger partial charge in [-0.25, -0.2) is 22.6 Å². The van der Waals surface area contributed by atoms with Gasteiger partial charge >= 0.3 is 6.09 Å². The SMILES string of the molecule is CC(=NC[C@H]1CN(c2cnc(N3CCS(=O)(=O)CC3)c(F)c2)C(=O)O1)NC#N. The maximum absolute atomic E-state index is 14.6. The van der Waals surface area contributed by atoms with Crippen molar-refractivity contribution >= 4 is 33.3 Å². The quantitative estimate of drug-likeness (QED) is 0.324. The van der Waals surface area contributed by atoms with Crippen molar-refractivity contribution < 1.29 is 22.3 Å². The molecular weight excluding hydrogens is 391 g/mol. The van der Waals surface area contributed by atoms with Crippen molar-refractivity contribution in [2.75, 3.05) is 47.5 Å². The van der Waals surface area contributed by atoms with Crippen molar-refractivity contribution in [3.8, 4) is 6.19 Å². The zero-order chi connectivity index (χ0) is 20.3. The van der Waals surface area contributed by atoms with Crippen molar-refractivity contribution in [2.24, 2.45) is 4.99 Å². The van der Waals surface area contributed by atoms with Crippen molar-refractivity contribution in [1.29, 1.82) is 5.26 Å². The predicted octanol–water partition coefficient (Wildman–Crippen LogP) is 0.270. The molecule has 28 heavy (non-hydrogen) atoms. The molecule has 0 spiro atoms. The molecule has 2 fully saturated rings. The summed E-state index contributed by atoms with van der Waals surface area (Å²) in [4.78, 5) is 23.1. The molecule has 1 amide bonds. The first-order valence-electron chi connectivity index (χ1n) is 8.54. The van der Waals surface area contributed by atoms with Gasteiger partial charge in [0.1, 0.15) is 11.9 Å². The minimum atomic E-state index is -3.08. The van der Waals surface area contributed by atoms with Crippen LogP contribution in [0, 0.1) is 17.3 Å². The Morgan fingerprint density at radius 3 is 2.86 bits per heavy atom. The maximum Gasteiger partial charge on any atom is 0.414 e. The molecule has 0 saturated carbocycles. The number of aliphatic imine (C=N–C) groups is 1. The molecule has 1 N–H and O–H groups in total. The highest BCUT2D eigenvalue weighted by atomic mass is 32.2. The largest absolute Gasteiger partial charge is 0.442 e. The summed E-state index contributed by atoms with van der Waals surface area (Å²) in [5.41, 5.74) is 0.245. The highest BCUT2D eigenvalue weighted by Gasteiger charge is 2.33. The summed E-state index contributed by atoms with van der Waals surface area (Å²) in [5, 5.41) is 10.9. The molecule has 3 heterocycles. The number of pyridine rings is 1. The van der Waals surface area contributed by atoms with Crippen LogP contribution in [-0.4, -0.2) is 69.1 Å². The van der Waals surface area contributed by atoms with E-state index in [0.717, 1.165) is 0 Å². The standard InChI is InChI=1S/C16H19FN6O4S/c1-11(21-10-18)19-8-13-9-23(16(24)27-13)12-6-14(17)15(20-7-12)22-2-4-28(25,26)5-3-22/h6-7,13H,2-5,8-9H2,1H3,(H,19,21)/t13-/m0/s1. The summed E-state index contributed by atoms with van der Waals surface area (Å²) in [7, 11) is -3.08. The van der Waals surface area contributed by atoms with Gasteiger partial charge in [0, 0.05) is 19.2 Å². The van der Waals surface area contributed by atoms with Gasteiger partial charge in [-0.15, -0.1) is 0 Å². The third kappa shape index (κ3) is 4.48. The molecule has 2 saturated heterocycles. The molecule has 1 aromatic rings. The Bertz CT molecular complexity index is 931. The zero-order valence-corrected chi connectivity index (χ0v) is 15.9. The molecular formula is C16H19FN6O4S. The number of nitrogens with zero attached hydrogens (tertiary/aromatic N) is 5. The van der Waals surface area contributed by atoms with Gasteiger partial charge in [-0.2, -0.15) is 5.26 Å². The van der Waals surface area contributed by atoms with Crippen molar-refractivity contribution in [2.45, 2.75) is 13.0 Å². The van der Waals surface area contributed by atoms with E-state index < -0.39 is 27.9 Å². The Kier molecular flexibility index (Phi) is 5.64. The first kappa shape index (κ1) is 19.8. The van der Waals surface area contributed by atoms with Crippen LogP contribution >= 0.6 is 0 Å². The van der Waals surface area contributed by atoms with Crippen LogP contribution in [0.3, 0.4) is 0 Å². The summed E-state index contributed by atoms with van der Waals surface area (Å²) >= 11 is 0. The van der Waals surface area contributed by atoms with Crippen LogP contribution in [0.2, 0.25) is 0 Å². The molecule has 10 nitrogen and oxygen atoms in total. The summed E-state index contributed by atoms with van der Waals surface area (Å²) in [6.07, 6.45) is 1.94. The van der Waals surface area contributed by atoms with E-state index in [4.69, 9.17) is 10.00 Å². The molecule has 1 atom stereocenters. The molecule has 150 valence electrons. The number of amides is 1. The monoisotopic (exact) mass is 410 g/mol. The number of nitrogens with one attached hydrogen (secondary N) is 1. The zero-order valence-electron chi connectivity index (χ0n) is 15.1. The van der Waals surface area contributed by atoms with Crippen LogP contribution < -0.4 is 15.1 Å². The van der Waals surface area contributed by atoms with Crippen molar-refractivity contribution in [1.82, 2.24) is 10.3 Å². The van der Waals surface area contributed by atoms with E-state index >= 15 is 0 Å². The predicted molar refractivity (Wildman–Crippen MR) is 99.4 cm³/mol. The molecule has 0 aromatic carbocycles. The first-order valence-corrected chi connectivity index (χ1v) is 10.4. The normalized spacial score (nSPS) is 22.0. The molecule has 0 aliphatic carbocycles. The van der Waals surface area contributed by atoms with Gasteiger partial charge in [0.25, 0.3) is 0 Å². The second kappa shape index (κ2) is 7.97. The fraction of sp³-hybridized carbons (Fsp3) is 0.500. The molecule has 0 bridgehead atoms. The molecule has 0 unspecified atom stereocenters. The van der Waals surface area contributed by atoms with E-state index in [1.807, 2.05) is 0 Å². The lowest BCUT2D eigenvalue weighted by Crippen LogP contribution is -2.41. The molecule has 2 aliphatic rings. The number of sulfone groups is 1. The first-order chi connectivity index (χ1) is 13.3. The summed E-state index contributed by atoms with van der Waals surface area (Å²) in [5.74, 6) is -0.268. The third-order valence-corrected chi connectivity index (χ3v) is 6.02. The summed E-state index contributed by atoms with van der Waals surface area (Å²) < 4.78 is 42.8. The van der Waals surface area contributed by atoms with E-state index in [1.165, 1.54) is 17.2 Å². The number of ether oxygens (including phenoxy) is 1. The third-order valence-electron chi connectivity index (χ3n) is 4.41. The molecule has 2 aliphatic heterocycles. The minimum absolute atomic E-state index is 0.0450. The minimum Gasteiger partial charge on any atom is -0.442 e. The number of anilines is 2. The maximum atomic E-state index is 14.6. The highest BCUT2D eigenvalue weighted by molar-refractivity contribution is 7.91. The number of carbonyl (C=O) groups excluding carboxylic acids is 1. The van der Waals surface area contributed by atoms with Gasteiger partial charge in [0.05, 0.1) is 36.5 Å². The molecule has 3 rings (SSSR count). The number of cyclic esters (lactones) is 1. The number of aromatic nitrogens is 1. The smallest absolute Gasteiger partial charge is 0.414 e. The lowest BCUT2D eigenvalue weighted by molar-refractivity contribution is 0.145. The fourth-order valence-corrected chi connectivity index (χ4v) is 4.11. The van der Waals surface area contributed by atoms with Crippen LogP contribution in [-0.2, 0) is 14.6 Å². The number of carbonyl (C=O) groups is 1. The molecule has 12 heteroatoms. The second-order valence-corrected chi connectivity index (χ2v) is 8.72. The lowest BCUT2D eigenvalue weighted by Gasteiger charge is -2.28. The van der Waals surface area contributed by atoms with E-state index in [-0.39, 0.29) is 49.2 Å². The molecule has 1 aromatic heterocycles. The fourth-order valence-electron chi connectivity index (χ4n) is 2.91. The van der Waals surface area contributed by atoms with E-state index in [0.29, 0.717) is 5.84 Å². The van der Waals surface area contributed by atoms with Crippen molar-refractivity contribution in [3.63, 3.8) is 0 Å². The van der Waals surface area contributed by atoms with Crippen LogP contribution in [0.5, 0.6) is 0 Å². The Balaban J connectivity index is 1.68. The Morgan fingerprint density at radius 1 is 1.50 bits per heavy atom. The van der Waals surface area contributed by atoms with Gasteiger partial charge in [0.15, 0.2) is 27.7 Å². The van der Waals surface area contributed by atoms with Crippen LogP contribution in [0.15, 0.2) is 17.3 Å². The van der Waals surface area contributed by atoms with Gasteiger partial charge in [-0.05, 0) is 6.92 Å².